The number of thiazole rings is 1. The van der Waals surface area contributed by atoms with E-state index in [0.717, 1.165) is 33.1 Å². The van der Waals surface area contributed by atoms with E-state index in [-0.39, 0.29) is 11.5 Å². The Balaban J connectivity index is 2.12. The number of benzene rings is 1. The molecule has 1 atom stereocenters. The molecule has 1 aromatic carbocycles. The van der Waals surface area contributed by atoms with E-state index < -0.39 is 0 Å². The van der Waals surface area contributed by atoms with Crippen LogP contribution in [0, 0.1) is 5.41 Å². The van der Waals surface area contributed by atoms with Crippen molar-refractivity contribution >= 4 is 33.2 Å². The molecule has 0 aliphatic carbocycles. The summed E-state index contributed by atoms with van der Waals surface area (Å²) in [7, 11) is 0. The van der Waals surface area contributed by atoms with Crippen molar-refractivity contribution < 1.29 is 0 Å². The Morgan fingerprint density at radius 2 is 2.11 bits per heavy atom. The fraction of sp³-hybridized carbons (Fsp3) is 0.500. The monoisotopic (exact) mass is 282 g/mol. The minimum absolute atomic E-state index is 0.168. The normalized spacial score (nSPS) is 14.1. The van der Waals surface area contributed by atoms with E-state index in [1.54, 1.807) is 11.3 Å². The molecule has 0 spiro atoms. The Bertz CT molecular complexity index is 542. The molecule has 2 rings (SSSR count). The van der Waals surface area contributed by atoms with Crippen LogP contribution in [0.15, 0.2) is 18.2 Å². The number of halogens is 1. The van der Waals surface area contributed by atoms with E-state index in [4.69, 9.17) is 17.3 Å². The Morgan fingerprint density at radius 3 is 2.78 bits per heavy atom. The Morgan fingerprint density at radius 1 is 1.39 bits per heavy atom. The third-order valence-electron chi connectivity index (χ3n) is 2.71. The quantitative estimate of drug-likeness (QED) is 0.914. The minimum Gasteiger partial charge on any atom is -0.327 e. The van der Waals surface area contributed by atoms with Gasteiger partial charge in [-0.15, -0.1) is 11.3 Å². The van der Waals surface area contributed by atoms with Gasteiger partial charge in [0.2, 0.25) is 0 Å². The van der Waals surface area contributed by atoms with Crippen molar-refractivity contribution in [2.24, 2.45) is 11.1 Å². The standard InChI is InChI=1S/C14H19ClN2S/c1-14(2,3)8-10(16)7-13-17-11-5-4-9(15)6-12(11)18-13/h4-6,10H,7-8,16H2,1-3H3. The zero-order valence-electron chi connectivity index (χ0n) is 11.0. The number of nitrogens with two attached hydrogens (primary N) is 1. The van der Waals surface area contributed by atoms with E-state index in [9.17, 15) is 0 Å². The van der Waals surface area contributed by atoms with Gasteiger partial charge in [-0.05, 0) is 30.0 Å². The van der Waals surface area contributed by atoms with Gasteiger partial charge in [0.05, 0.1) is 15.2 Å². The summed E-state index contributed by atoms with van der Waals surface area (Å²) in [5, 5.41) is 1.86. The van der Waals surface area contributed by atoms with Gasteiger partial charge in [-0.3, -0.25) is 0 Å². The molecule has 4 heteroatoms. The summed E-state index contributed by atoms with van der Waals surface area (Å²) in [5.74, 6) is 0. The second kappa shape index (κ2) is 5.16. The van der Waals surface area contributed by atoms with Gasteiger partial charge in [-0.1, -0.05) is 32.4 Å². The number of rotatable bonds is 3. The molecular formula is C14H19ClN2S. The Labute approximate surface area is 117 Å². The molecule has 98 valence electrons. The van der Waals surface area contributed by atoms with Crippen molar-refractivity contribution in [3.8, 4) is 0 Å². The molecule has 1 heterocycles. The number of nitrogens with zero attached hydrogens (tertiary/aromatic N) is 1. The highest BCUT2D eigenvalue weighted by atomic mass is 35.5. The summed E-state index contributed by atoms with van der Waals surface area (Å²) in [6, 6.07) is 5.98. The molecule has 1 aromatic heterocycles. The van der Waals surface area contributed by atoms with Gasteiger partial charge in [-0.2, -0.15) is 0 Å². The summed E-state index contributed by atoms with van der Waals surface area (Å²) in [5.41, 5.74) is 7.46. The van der Waals surface area contributed by atoms with Gasteiger partial charge in [0.25, 0.3) is 0 Å². The first-order valence-corrected chi connectivity index (χ1v) is 7.33. The average molecular weight is 283 g/mol. The van der Waals surface area contributed by atoms with Gasteiger partial charge in [-0.25, -0.2) is 4.98 Å². The highest BCUT2D eigenvalue weighted by Gasteiger charge is 2.17. The van der Waals surface area contributed by atoms with E-state index in [0.29, 0.717) is 0 Å². The fourth-order valence-electron chi connectivity index (χ4n) is 2.12. The van der Waals surface area contributed by atoms with Gasteiger partial charge in [0.15, 0.2) is 0 Å². The molecule has 2 aromatic rings. The molecule has 0 amide bonds. The highest BCUT2D eigenvalue weighted by Crippen LogP contribution is 2.27. The van der Waals surface area contributed by atoms with Crippen LogP contribution in [-0.2, 0) is 6.42 Å². The molecule has 0 saturated heterocycles. The van der Waals surface area contributed by atoms with Crippen LogP contribution in [0.5, 0.6) is 0 Å². The van der Waals surface area contributed by atoms with Crippen LogP contribution in [0.4, 0.5) is 0 Å². The summed E-state index contributed by atoms with van der Waals surface area (Å²) in [6.45, 7) is 6.64. The summed E-state index contributed by atoms with van der Waals surface area (Å²) in [4.78, 5) is 4.60. The van der Waals surface area contributed by atoms with Crippen molar-refractivity contribution in [3.05, 3.63) is 28.2 Å². The fourth-order valence-corrected chi connectivity index (χ4v) is 3.45. The lowest BCUT2D eigenvalue weighted by atomic mass is 9.87. The molecule has 2 nitrogen and oxygen atoms in total. The van der Waals surface area contributed by atoms with E-state index in [1.165, 1.54) is 0 Å². The van der Waals surface area contributed by atoms with Gasteiger partial charge in [0.1, 0.15) is 0 Å². The van der Waals surface area contributed by atoms with Crippen LogP contribution in [0.3, 0.4) is 0 Å². The van der Waals surface area contributed by atoms with Crippen molar-refractivity contribution in [3.63, 3.8) is 0 Å². The van der Waals surface area contributed by atoms with Crippen molar-refractivity contribution in [2.45, 2.75) is 39.7 Å². The maximum Gasteiger partial charge on any atom is 0.0954 e. The zero-order chi connectivity index (χ0) is 13.3. The first-order valence-electron chi connectivity index (χ1n) is 6.14. The summed E-state index contributed by atoms with van der Waals surface area (Å²) in [6.07, 6.45) is 1.85. The first kappa shape index (κ1) is 13.8. The molecule has 1 unspecified atom stereocenters. The SMILES string of the molecule is CC(C)(C)CC(N)Cc1nc2ccc(Cl)cc2s1. The van der Waals surface area contributed by atoms with Gasteiger partial charge in [0, 0.05) is 17.5 Å². The number of aromatic nitrogens is 1. The molecule has 0 saturated carbocycles. The van der Waals surface area contributed by atoms with E-state index >= 15 is 0 Å². The van der Waals surface area contributed by atoms with E-state index in [2.05, 4.69) is 25.8 Å². The molecular weight excluding hydrogens is 264 g/mol. The van der Waals surface area contributed by atoms with Crippen LogP contribution < -0.4 is 5.73 Å². The molecule has 0 fully saturated rings. The largest absolute Gasteiger partial charge is 0.327 e. The minimum atomic E-state index is 0.168. The van der Waals surface area contributed by atoms with Crippen LogP contribution >= 0.6 is 22.9 Å². The highest BCUT2D eigenvalue weighted by molar-refractivity contribution is 7.18. The third-order valence-corrected chi connectivity index (χ3v) is 3.98. The zero-order valence-corrected chi connectivity index (χ0v) is 12.6. The van der Waals surface area contributed by atoms with Gasteiger partial charge < -0.3 is 5.73 Å². The molecule has 0 aliphatic rings. The smallest absolute Gasteiger partial charge is 0.0954 e. The van der Waals surface area contributed by atoms with Gasteiger partial charge >= 0.3 is 0 Å². The first-order chi connectivity index (χ1) is 8.33. The van der Waals surface area contributed by atoms with Crippen molar-refractivity contribution in [2.75, 3.05) is 0 Å². The topological polar surface area (TPSA) is 38.9 Å². The number of hydrogen-bond acceptors (Lipinski definition) is 3. The lowest BCUT2D eigenvalue weighted by molar-refractivity contribution is 0.338. The third kappa shape index (κ3) is 3.67. The van der Waals surface area contributed by atoms with Crippen molar-refractivity contribution in [1.82, 2.24) is 4.98 Å². The molecule has 2 N–H and O–H groups in total. The maximum absolute atomic E-state index is 6.18. The van der Waals surface area contributed by atoms with Crippen molar-refractivity contribution in [1.29, 1.82) is 0 Å². The van der Waals surface area contributed by atoms with Crippen LogP contribution in [-0.4, -0.2) is 11.0 Å². The van der Waals surface area contributed by atoms with E-state index in [1.807, 2.05) is 18.2 Å². The maximum atomic E-state index is 6.18. The van der Waals surface area contributed by atoms with Crippen LogP contribution in [0.25, 0.3) is 10.2 Å². The molecule has 18 heavy (non-hydrogen) atoms. The average Bonchev–Trinajstić information content (AvgIpc) is 2.55. The lowest BCUT2D eigenvalue weighted by Crippen LogP contribution is -2.28. The lowest BCUT2D eigenvalue weighted by Gasteiger charge is -2.22. The Hall–Kier alpha value is -0.640. The number of hydrogen-bond donors (Lipinski definition) is 1. The second-order valence-corrected chi connectivity index (χ2v) is 7.50. The Kier molecular flexibility index (Phi) is 3.95. The predicted molar refractivity (Wildman–Crippen MR) is 80.4 cm³/mol. The second-order valence-electron chi connectivity index (χ2n) is 5.95. The van der Waals surface area contributed by atoms with Crippen LogP contribution in [0.2, 0.25) is 5.02 Å². The predicted octanol–water partition coefficient (Wildman–Crippen LogP) is 4.26. The van der Waals surface area contributed by atoms with Crippen LogP contribution in [0.1, 0.15) is 32.2 Å². The molecule has 0 bridgehead atoms. The molecule has 0 radical (unpaired) electrons. The summed E-state index contributed by atoms with van der Waals surface area (Å²) < 4.78 is 1.14. The molecule has 0 aliphatic heterocycles. The number of fused-ring (bicyclic) bond motifs is 1. The summed E-state index contributed by atoms with van der Waals surface area (Å²) >= 11 is 7.67.